The second-order valence-electron chi connectivity index (χ2n) is 4.83. The smallest absolute Gasteiger partial charge is 0.387 e. The predicted octanol–water partition coefficient (Wildman–Crippen LogP) is 5.12. The number of methoxy groups -OCH3 is 1. The van der Waals surface area contributed by atoms with Gasteiger partial charge in [-0.2, -0.15) is 8.78 Å². The van der Waals surface area contributed by atoms with Crippen LogP contribution >= 0.6 is 0 Å². The summed E-state index contributed by atoms with van der Waals surface area (Å²) >= 11 is 0. The maximum Gasteiger partial charge on any atom is 0.387 e. The van der Waals surface area contributed by atoms with Gasteiger partial charge in [0.05, 0.1) is 7.11 Å². The van der Waals surface area contributed by atoms with Gasteiger partial charge in [0.15, 0.2) is 0 Å². The first-order chi connectivity index (χ1) is 10.7. The third-order valence-electron chi connectivity index (χ3n) is 3.46. The van der Waals surface area contributed by atoms with Gasteiger partial charge in [-0.3, -0.25) is 0 Å². The van der Waals surface area contributed by atoms with Crippen molar-refractivity contribution in [1.82, 2.24) is 0 Å². The van der Waals surface area contributed by atoms with E-state index in [4.69, 9.17) is 4.74 Å². The number of ether oxygens (including phenoxy) is 2. The third kappa shape index (κ3) is 3.01. The van der Waals surface area contributed by atoms with Crippen LogP contribution in [0.2, 0.25) is 0 Å². The van der Waals surface area contributed by atoms with Gasteiger partial charge >= 0.3 is 6.61 Å². The fourth-order valence-corrected chi connectivity index (χ4v) is 2.36. The van der Waals surface area contributed by atoms with E-state index in [9.17, 15) is 8.78 Å². The molecule has 112 valence electrons. The molecular formula is C18H14F2O2. The van der Waals surface area contributed by atoms with Gasteiger partial charge in [-0.05, 0) is 52.2 Å². The number of fused-ring (bicyclic) bond motifs is 1. The van der Waals surface area contributed by atoms with Gasteiger partial charge in [-0.25, -0.2) is 0 Å². The Kier molecular flexibility index (Phi) is 3.92. The third-order valence-corrected chi connectivity index (χ3v) is 3.46. The second-order valence-corrected chi connectivity index (χ2v) is 4.83. The van der Waals surface area contributed by atoms with Gasteiger partial charge in [0, 0.05) is 0 Å². The Morgan fingerprint density at radius 3 is 2.00 bits per heavy atom. The molecule has 0 saturated heterocycles. The van der Waals surface area contributed by atoms with Gasteiger partial charge in [0.2, 0.25) is 0 Å². The molecule has 0 spiro atoms. The van der Waals surface area contributed by atoms with E-state index in [1.165, 1.54) is 0 Å². The zero-order valence-corrected chi connectivity index (χ0v) is 11.9. The lowest BCUT2D eigenvalue weighted by Gasteiger charge is -2.08. The lowest BCUT2D eigenvalue weighted by Crippen LogP contribution is -2.01. The van der Waals surface area contributed by atoms with Crippen LogP contribution in [-0.2, 0) is 0 Å². The summed E-state index contributed by atoms with van der Waals surface area (Å²) in [6, 6.07) is 18.6. The molecule has 3 rings (SSSR count). The number of benzene rings is 3. The van der Waals surface area contributed by atoms with Crippen molar-refractivity contribution in [3.05, 3.63) is 60.7 Å². The van der Waals surface area contributed by atoms with Crippen molar-refractivity contribution in [1.29, 1.82) is 0 Å². The molecule has 0 aliphatic heterocycles. The molecular weight excluding hydrogens is 286 g/mol. The van der Waals surface area contributed by atoms with Gasteiger partial charge < -0.3 is 9.47 Å². The molecule has 0 radical (unpaired) electrons. The van der Waals surface area contributed by atoms with E-state index in [1.54, 1.807) is 25.3 Å². The Labute approximate surface area is 126 Å². The Morgan fingerprint density at radius 2 is 1.32 bits per heavy atom. The lowest BCUT2D eigenvalue weighted by atomic mass is 10.0. The molecule has 3 aromatic rings. The Morgan fingerprint density at radius 1 is 0.727 bits per heavy atom. The molecule has 0 atom stereocenters. The number of hydrogen-bond donors (Lipinski definition) is 0. The lowest BCUT2D eigenvalue weighted by molar-refractivity contribution is -0.0497. The highest BCUT2D eigenvalue weighted by molar-refractivity contribution is 5.88. The largest absolute Gasteiger partial charge is 0.497 e. The number of rotatable bonds is 4. The first kappa shape index (κ1) is 14.3. The molecule has 0 N–H and O–H groups in total. The summed E-state index contributed by atoms with van der Waals surface area (Å²) in [4.78, 5) is 0. The maximum atomic E-state index is 12.2. The minimum atomic E-state index is -2.81. The van der Waals surface area contributed by atoms with Crippen LogP contribution in [0.25, 0.3) is 21.9 Å². The fourth-order valence-electron chi connectivity index (χ4n) is 2.36. The van der Waals surface area contributed by atoms with Crippen molar-refractivity contribution in [2.24, 2.45) is 0 Å². The van der Waals surface area contributed by atoms with E-state index in [0.29, 0.717) is 0 Å². The fraction of sp³-hybridized carbons (Fsp3) is 0.111. The molecule has 2 nitrogen and oxygen atoms in total. The Bertz CT molecular complexity index is 783. The molecule has 0 fully saturated rings. The molecule has 3 aromatic carbocycles. The molecule has 0 aliphatic carbocycles. The van der Waals surface area contributed by atoms with Crippen LogP contribution in [0.15, 0.2) is 60.7 Å². The molecule has 4 heteroatoms. The van der Waals surface area contributed by atoms with E-state index in [2.05, 4.69) is 4.74 Å². The van der Waals surface area contributed by atoms with Crippen LogP contribution in [0.5, 0.6) is 11.5 Å². The highest BCUT2D eigenvalue weighted by Gasteiger charge is 2.06. The van der Waals surface area contributed by atoms with E-state index in [-0.39, 0.29) is 5.75 Å². The topological polar surface area (TPSA) is 18.5 Å². The van der Waals surface area contributed by atoms with Crippen LogP contribution in [0, 0.1) is 0 Å². The molecule has 0 bridgehead atoms. The molecule has 0 heterocycles. The monoisotopic (exact) mass is 300 g/mol. The summed E-state index contributed by atoms with van der Waals surface area (Å²) in [5.41, 5.74) is 2.12. The van der Waals surface area contributed by atoms with Crippen LogP contribution in [0.4, 0.5) is 8.78 Å². The molecule has 0 aliphatic rings. The number of halogens is 2. The zero-order chi connectivity index (χ0) is 15.5. The van der Waals surface area contributed by atoms with E-state index >= 15 is 0 Å². The minimum Gasteiger partial charge on any atom is -0.497 e. The van der Waals surface area contributed by atoms with Crippen LogP contribution < -0.4 is 9.47 Å². The van der Waals surface area contributed by atoms with Crippen molar-refractivity contribution in [3.8, 4) is 22.6 Å². The summed E-state index contributed by atoms with van der Waals surface area (Å²) in [6.45, 7) is -2.81. The van der Waals surface area contributed by atoms with Crippen molar-refractivity contribution < 1.29 is 18.3 Å². The summed E-state index contributed by atoms with van der Waals surface area (Å²) in [7, 11) is 1.63. The average Bonchev–Trinajstić information content (AvgIpc) is 2.54. The highest BCUT2D eigenvalue weighted by Crippen LogP contribution is 2.28. The highest BCUT2D eigenvalue weighted by atomic mass is 19.3. The Hall–Kier alpha value is -2.62. The van der Waals surface area contributed by atoms with Gasteiger partial charge in [0.25, 0.3) is 0 Å². The first-order valence-corrected chi connectivity index (χ1v) is 6.79. The van der Waals surface area contributed by atoms with Crippen molar-refractivity contribution in [2.45, 2.75) is 6.61 Å². The number of alkyl halides is 2. The van der Waals surface area contributed by atoms with Gasteiger partial charge in [-0.15, -0.1) is 0 Å². The van der Waals surface area contributed by atoms with Crippen molar-refractivity contribution in [3.63, 3.8) is 0 Å². The average molecular weight is 300 g/mol. The van der Waals surface area contributed by atoms with Crippen LogP contribution in [-0.4, -0.2) is 13.7 Å². The second kappa shape index (κ2) is 6.02. The number of hydrogen-bond acceptors (Lipinski definition) is 2. The summed E-state index contributed by atoms with van der Waals surface area (Å²) in [5.74, 6) is 0.970. The molecule has 0 unspecified atom stereocenters. The van der Waals surface area contributed by atoms with Gasteiger partial charge in [-0.1, -0.05) is 30.3 Å². The van der Waals surface area contributed by atoms with E-state index in [1.807, 2.05) is 42.5 Å². The SMILES string of the molecule is COc1ccc(-c2ccc3cc(OC(F)F)ccc3c2)cc1. The van der Waals surface area contributed by atoms with E-state index < -0.39 is 6.61 Å². The zero-order valence-electron chi connectivity index (χ0n) is 11.9. The van der Waals surface area contributed by atoms with Crippen molar-refractivity contribution in [2.75, 3.05) is 7.11 Å². The summed E-state index contributed by atoms with van der Waals surface area (Å²) in [5, 5.41) is 1.82. The summed E-state index contributed by atoms with van der Waals surface area (Å²) in [6.07, 6.45) is 0. The standard InChI is InChI=1S/C18H14F2O2/c1-21-16-7-4-12(5-8-16)13-2-3-15-11-17(22-18(19)20)9-6-14(15)10-13/h2-11,18H,1H3. The Balaban J connectivity index is 1.95. The quantitative estimate of drug-likeness (QED) is 0.666. The molecule has 0 saturated carbocycles. The normalized spacial score (nSPS) is 10.9. The van der Waals surface area contributed by atoms with Crippen LogP contribution in [0.1, 0.15) is 0 Å². The predicted molar refractivity (Wildman–Crippen MR) is 82.6 cm³/mol. The molecule has 0 amide bonds. The molecule has 0 aromatic heterocycles. The first-order valence-electron chi connectivity index (χ1n) is 6.79. The van der Waals surface area contributed by atoms with Gasteiger partial charge in [0.1, 0.15) is 11.5 Å². The molecule has 22 heavy (non-hydrogen) atoms. The van der Waals surface area contributed by atoms with E-state index in [0.717, 1.165) is 27.6 Å². The van der Waals surface area contributed by atoms with Crippen molar-refractivity contribution >= 4 is 10.8 Å². The van der Waals surface area contributed by atoms with Crippen LogP contribution in [0.3, 0.4) is 0 Å². The minimum absolute atomic E-state index is 0.166. The summed E-state index contributed by atoms with van der Waals surface area (Å²) < 4.78 is 34.0. The maximum absolute atomic E-state index is 12.2.